The third-order valence-corrected chi connectivity index (χ3v) is 0. The summed E-state index contributed by atoms with van der Waals surface area (Å²) in [6.07, 6.45) is -2.08. The van der Waals surface area contributed by atoms with Crippen molar-refractivity contribution in [2.45, 2.75) is 0 Å². The second kappa shape index (κ2) is 15.6. The van der Waals surface area contributed by atoms with Crippen LogP contribution in [-0.4, -0.2) is 16.7 Å². The second-order valence-corrected chi connectivity index (χ2v) is 0.266. The molecule has 0 fully saturated rings. The summed E-state index contributed by atoms with van der Waals surface area (Å²) >= 11 is 0. The molecule has 40 valence electrons. The van der Waals surface area contributed by atoms with Gasteiger partial charge in [0, 0.05) is 0 Å². The molecule has 0 aromatic rings. The minimum Gasteiger partial charge on any atom is -0.565 e. The molecule has 0 bridgehead atoms. The molecule has 0 aliphatic heterocycles. The van der Waals surface area contributed by atoms with E-state index in [1.807, 2.05) is 0 Å². The van der Waals surface area contributed by atoms with Gasteiger partial charge in [-0.25, -0.2) is 0 Å². The van der Waals surface area contributed by atoms with Gasteiger partial charge in [-0.3, -0.25) is 0 Å². The summed E-state index contributed by atoms with van der Waals surface area (Å²) in [6, 6.07) is 0. The quantitative estimate of drug-likeness (QED) is 0.346. The van der Waals surface area contributed by atoms with E-state index in [1.54, 1.807) is 0 Å². The molecule has 0 unspecified atom stereocenters. The van der Waals surface area contributed by atoms with Crippen molar-refractivity contribution < 1.29 is 71.9 Å². The Balaban J connectivity index is -0.0000000150. The van der Waals surface area contributed by atoms with Crippen LogP contribution in [0.15, 0.2) is 0 Å². The van der Waals surface area contributed by atoms with E-state index in [0.717, 1.165) is 0 Å². The van der Waals surface area contributed by atoms with Crippen LogP contribution >= 0.6 is 24.0 Å². The molecule has 0 saturated heterocycles. The Kier molecular flexibility index (Phi) is 52.5. The maximum atomic E-state index is 8.44. The van der Waals surface area contributed by atoms with Crippen molar-refractivity contribution in [3.63, 3.8) is 0 Å². The summed E-state index contributed by atoms with van der Waals surface area (Å²) in [7, 11) is 0. The molecule has 0 aromatic carbocycles. The van der Waals surface area contributed by atoms with Crippen LogP contribution in [0, 0.1) is 0 Å². The molecule has 0 radical (unpaired) electrons. The number of hydrogen-bond acceptors (Lipinski definition) is 2. The fourth-order valence-electron chi connectivity index (χ4n) is 0. The van der Waals surface area contributed by atoms with Gasteiger partial charge in [-0.05, 0) is 0 Å². The standard InChI is InChI=1S/CH2O3.HI.K.H2O/c2-1(3)4;;;/h(H2,2,3,4);1H;;1H2/q;;+1;/p-1. The van der Waals surface area contributed by atoms with Crippen molar-refractivity contribution in [3.8, 4) is 0 Å². The van der Waals surface area contributed by atoms with Gasteiger partial charge in [-0.15, -0.1) is 24.0 Å². The van der Waals surface area contributed by atoms with Crippen LogP contribution in [0.25, 0.3) is 0 Å². The normalized spacial score (nSPS) is 3.43. The molecule has 0 aromatic heterocycles. The summed E-state index contributed by atoms with van der Waals surface area (Å²) in [5.74, 6) is 0. The summed E-state index contributed by atoms with van der Waals surface area (Å²) in [5, 5.41) is 15.3. The first-order valence-electron chi connectivity index (χ1n) is 0.632. The average Bonchev–Trinajstić information content (AvgIpc) is 0.811. The monoisotopic (exact) mass is 246 g/mol. The first kappa shape index (κ1) is 23.5. The summed E-state index contributed by atoms with van der Waals surface area (Å²) in [4.78, 5) is 8.44. The third kappa shape index (κ3) is 93.4. The average molecular weight is 246 g/mol. The van der Waals surface area contributed by atoms with Gasteiger partial charge in [-0.1, -0.05) is 0 Å². The van der Waals surface area contributed by atoms with Gasteiger partial charge in [0.25, 0.3) is 0 Å². The Labute approximate surface area is 100 Å². The Morgan fingerprint density at radius 2 is 1.57 bits per heavy atom. The number of rotatable bonds is 0. The molecule has 0 saturated carbocycles. The molecule has 0 heterocycles. The second-order valence-electron chi connectivity index (χ2n) is 0.266. The Morgan fingerprint density at radius 1 is 1.57 bits per heavy atom. The summed E-state index contributed by atoms with van der Waals surface area (Å²) < 4.78 is 0. The van der Waals surface area contributed by atoms with Crippen molar-refractivity contribution in [2.24, 2.45) is 0 Å². The van der Waals surface area contributed by atoms with Gasteiger partial charge in [-0.2, -0.15) is 0 Å². The Hall–Kier alpha value is 1.60. The van der Waals surface area contributed by atoms with Gasteiger partial charge in [0.1, 0.15) is 0 Å². The van der Waals surface area contributed by atoms with Crippen LogP contribution in [0.3, 0.4) is 0 Å². The molecule has 0 aliphatic carbocycles. The SMILES string of the molecule is I.O.O=C([O-])O.[K+]. The number of carboxylic acid groups (broad SMARTS) is 2. The predicted molar refractivity (Wildman–Crippen MR) is 27.1 cm³/mol. The van der Waals surface area contributed by atoms with E-state index < -0.39 is 6.16 Å². The smallest absolute Gasteiger partial charge is 0.565 e. The third-order valence-electron chi connectivity index (χ3n) is 0. The van der Waals surface area contributed by atoms with E-state index >= 15 is 0 Å². The molecule has 0 spiro atoms. The van der Waals surface area contributed by atoms with Crippen LogP contribution in [0.2, 0.25) is 0 Å². The zero-order chi connectivity index (χ0) is 3.58. The summed E-state index contributed by atoms with van der Waals surface area (Å²) in [5.41, 5.74) is 0. The molecule has 0 aliphatic rings. The predicted octanol–water partition coefficient (Wildman–Crippen LogP) is -4.31. The molecular formula is CH4IKO4. The zero-order valence-corrected chi connectivity index (χ0v) is 9.13. The van der Waals surface area contributed by atoms with E-state index in [9.17, 15) is 0 Å². The van der Waals surface area contributed by atoms with E-state index in [-0.39, 0.29) is 80.8 Å². The van der Waals surface area contributed by atoms with Crippen LogP contribution in [0.4, 0.5) is 4.79 Å². The fraction of sp³-hybridized carbons (Fsp3) is 0. The molecule has 0 atom stereocenters. The minimum atomic E-state index is -2.08. The van der Waals surface area contributed by atoms with E-state index in [2.05, 4.69) is 0 Å². The Morgan fingerprint density at radius 3 is 1.57 bits per heavy atom. The molecule has 4 nitrogen and oxygen atoms in total. The van der Waals surface area contributed by atoms with Crippen molar-refractivity contribution in [1.82, 2.24) is 0 Å². The van der Waals surface area contributed by atoms with Gasteiger partial charge in [0.15, 0.2) is 0 Å². The van der Waals surface area contributed by atoms with E-state index in [1.165, 1.54) is 0 Å². The molecule has 0 rings (SSSR count). The van der Waals surface area contributed by atoms with Crippen LogP contribution in [0.1, 0.15) is 0 Å². The zero-order valence-electron chi connectivity index (χ0n) is 3.67. The maximum absolute atomic E-state index is 8.44. The number of halogens is 1. The number of hydrogen-bond donors (Lipinski definition) is 1. The maximum Gasteiger partial charge on any atom is 1.00 e. The molecule has 6 heteroatoms. The fourth-order valence-corrected chi connectivity index (χ4v) is 0. The van der Waals surface area contributed by atoms with Crippen molar-refractivity contribution in [3.05, 3.63) is 0 Å². The van der Waals surface area contributed by atoms with Crippen LogP contribution in [-0.2, 0) is 0 Å². The largest absolute Gasteiger partial charge is 1.00 e. The Bertz CT molecular complexity index is 34.7. The van der Waals surface area contributed by atoms with E-state index in [4.69, 9.17) is 15.0 Å². The van der Waals surface area contributed by atoms with Gasteiger partial charge < -0.3 is 20.5 Å². The van der Waals surface area contributed by atoms with Crippen LogP contribution < -0.4 is 56.5 Å². The van der Waals surface area contributed by atoms with Crippen molar-refractivity contribution in [2.75, 3.05) is 0 Å². The first-order chi connectivity index (χ1) is 1.73. The van der Waals surface area contributed by atoms with Crippen molar-refractivity contribution in [1.29, 1.82) is 0 Å². The van der Waals surface area contributed by atoms with Crippen molar-refractivity contribution >= 4 is 30.1 Å². The van der Waals surface area contributed by atoms with Gasteiger partial charge >= 0.3 is 51.4 Å². The molecular weight excluding hydrogens is 242 g/mol. The van der Waals surface area contributed by atoms with Gasteiger partial charge in [0.2, 0.25) is 6.16 Å². The summed E-state index contributed by atoms with van der Waals surface area (Å²) in [6.45, 7) is 0. The first-order valence-corrected chi connectivity index (χ1v) is 0.632. The molecule has 0 amide bonds. The van der Waals surface area contributed by atoms with Gasteiger partial charge in [0.05, 0.1) is 0 Å². The van der Waals surface area contributed by atoms with E-state index in [0.29, 0.717) is 0 Å². The molecule has 7 heavy (non-hydrogen) atoms. The number of carbonyl (C=O) groups is 1. The molecule has 3 N–H and O–H groups in total. The van der Waals surface area contributed by atoms with Crippen LogP contribution in [0.5, 0.6) is 0 Å². The minimum absolute atomic E-state index is 0. The topological polar surface area (TPSA) is 91.9 Å².